The molecule has 4 aromatic carbocycles. The zero-order chi connectivity index (χ0) is 31.7. The number of nitrogens with zero attached hydrogens (tertiary/aromatic N) is 2. The van der Waals surface area contributed by atoms with Crippen molar-refractivity contribution in [2.45, 2.75) is 44.2 Å². The van der Waals surface area contributed by atoms with E-state index in [1.165, 1.54) is 23.1 Å². The molecule has 4 aromatic rings. The number of sulfonamides is 1. The minimum absolute atomic E-state index is 0.00627. The van der Waals surface area contributed by atoms with Crippen LogP contribution in [0.15, 0.2) is 108 Å². The van der Waals surface area contributed by atoms with Crippen LogP contribution in [-0.4, -0.2) is 44.3 Å². The van der Waals surface area contributed by atoms with E-state index in [4.69, 9.17) is 23.2 Å². The Kier molecular flexibility index (Phi) is 11.4. The second-order valence-electron chi connectivity index (χ2n) is 10.4. The lowest BCUT2D eigenvalue weighted by molar-refractivity contribution is -0.140. The molecule has 0 aliphatic heterocycles. The van der Waals surface area contributed by atoms with Gasteiger partial charge in [-0.25, -0.2) is 8.42 Å². The van der Waals surface area contributed by atoms with Gasteiger partial charge in [0.2, 0.25) is 11.8 Å². The van der Waals surface area contributed by atoms with Gasteiger partial charge in [-0.05, 0) is 48.7 Å². The first-order valence-electron chi connectivity index (χ1n) is 14.3. The van der Waals surface area contributed by atoms with Crippen LogP contribution in [-0.2, 0) is 32.6 Å². The molecule has 7 nitrogen and oxygen atoms in total. The predicted molar refractivity (Wildman–Crippen MR) is 176 cm³/mol. The molecule has 10 heteroatoms. The van der Waals surface area contributed by atoms with Crippen LogP contribution in [0.4, 0.5) is 5.69 Å². The normalized spacial score (nSPS) is 11.9. The number of halogens is 2. The van der Waals surface area contributed by atoms with Crippen LogP contribution in [0.5, 0.6) is 0 Å². The van der Waals surface area contributed by atoms with Crippen LogP contribution in [0.25, 0.3) is 0 Å². The van der Waals surface area contributed by atoms with E-state index in [9.17, 15) is 18.0 Å². The standard InChI is InChI=1S/C34H35Cl2N3O4S/c1-3-20-37-34(41)31(22-26-13-6-4-7-14-26)38(23-27-15-10-12-25(2)21-27)32(40)24-39(30-19-11-18-29(35)33(30)36)44(42,43)28-16-8-5-9-17-28/h4-19,21,31H,3,20,22-24H2,1-2H3,(H,37,41). The van der Waals surface area contributed by atoms with Crippen molar-refractivity contribution in [2.24, 2.45) is 0 Å². The van der Waals surface area contributed by atoms with Crippen molar-refractivity contribution in [2.75, 3.05) is 17.4 Å². The van der Waals surface area contributed by atoms with Crippen LogP contribution in [0.3, 0.4) is 0 Å². The number of carbonyl (C=O) groups is 2. The third-order valence-corrected chi connectivity index (χ3v) is 9.65. The maximum Gasteiger partial charge on any atom is 0.264 e. The highest BCUT2D eigenvalue weighted by atomic mass is 35.5. The lowest BCUT2D eigenvalue weighted by Gasteiger charge is -2.34. The fourth-order valence-electron chi connectivity index (χ4n) is 4.85. The summed E-state index contributed by atoms with van der Waals surface area (Å²) in [7, 11) is -4.28. The summed E-state index contributed by atoms with van der Waals surface area (Å²) >= 11 is 12.8. The van der Waals surface area contributed by atoms with E-state index < -0.39 is 28.5 Å². The monoisotopic (exact) mass is 651 g/mol. The van der Waals surface area contributed by atoms with Crippen LogP contribution >= 0.6 is 23.2 Å². The Hall–Kier alpha value is -3.85. The lowest BCUT2D eigenvalue weighted by Crippen LogP contribution is -2.53. The molecule has 0 radical (unpaired) electrons. The van der Waals surface area contributed by atoms with E-state index in [2.05, 4.69) is 5.32 Å². The van der Waals surface area contributed by atoms with Crippen molar-refractivity contribution >= 4 is 50.7 Å². The average molecular weight is 653 g/mol. The topological polar surface area (TPSA) is 86.8 Å². The Morgan fingerprint density at radius 2 is 1.48 bits per heavy atom. The molecule has 0 bridgehead atoms. The molecule has 4 rings (SSSR count). The van der Waals surface area contributed by atoms with Crippen molar-refractivity contribution in [3.05, 3.63) is 130 Å². The first-order chi connectivity index (χ1) is 21.1. The number of anilines is 1. The van der Waals surface area contributed by atoms with Gasteiger partial charge in [0, 0.05) is 19.5 Å². The van der Waals surface area contributed by atoms with E-state index in [-0.39, 0.29) is 39.5 Å². The number of benzene rings is 4. The molecule has 0 spiro atoms. The molecule has 1 N–H and O–H groups in total. The molecule has 0 aromatic heterocycles. The van der Waals surface area contributed by atoms with Gasteiger partial charge in [0.05, 0.1) is 20.6 Å². The van der Waals surface area contributed by atoms with Crippen molar-refractivity contribution in [3.8, 4) is 0 Å². The first-order valence-corrected chi connectivity index (χ1v) is 16.5. The average Bonchev–Trinajstić information content (AvgIpc) is 3.02. The van der Waals surface area contributed by atoms with E-state index in [1.54, 1.807) is 30.3 Å². The summed E-state index contributed by atoms with van der Waals surface area (Å²) in [6.07, 6.45) is 0.948. The molecule has 0 fully saturated rings. The smallest absolute Gasteiger partial charge is 0.264 e. The highest BCUT2D eigenvalue weighted by Gasteiger charge is 2.35. The van der Waals surface area contributed by atoms with Crippen LogP contribution in [0.2, 0.25) is 10.0 Å². The SMILES string of the molecule is CCCNC(=O)C(Cc1ccccc1)N(Cc1cccc(C)c1)C(=O)CN(c1cccc(Cl)c1Cl)S(=O)(=O)c1ccccc1. The van der Waals surface area contributed by atoms with Gasteiger partial charge < -0.3 is 10.2 Å². The molecule has 0 heterocycles. The Morgan fingerprint density at radius 3 is 2.14 bits per heavy atom. The summed E-state index contributed by atoms with van der Waals surface area (Å²) in [5.41, 5.74) is 2.71. The van der Waals surface area contributed by atoms with Gasteiger partial charge in [0.25, 0.3) is 10.0 Å². The summed E-state index contributed by atoms with van der Waals surface area (Å²) in [6.45, 7) is 3.79. The number of hydrogen-bond donors (Lipinski definition) is 1. The number of hydrogen-bond acceptors (Lipinski definition) is 4. The highest BCUT2D eigenvalue weighted by molar-refractivity contribution is 7.92. The predicted octanol–water partition coefficient (Wildman–Crippen LogP) is 6.66. The zero-order valence-electron chi connectivity index (χ0n) is 24.6. The van der Waals surface area contributed by atoms with Gasteiger partial charge in [-0.1, -0.05) is 115 Å². The Balaban J connectivity index is 1.82. The van der Waals surface area contributed by atoms with Gasteiger partial charge in [-0.3, -0.25) is 13.9 Å². The molecule has 0 saturated heterocycles. The summed E-state index contributed by atoms with van der Waals surface area (Å²) < 4.78 is 29.1. The number of nitrogens with one attached hydrogen (secondary N) is 1. The molecule has 2 amide bonds. The minimum Gasteiger partial charge on any atom is -0.354 e. The second kappa shape index (κ2) is 15.2. The van der Waals surface area contributed by atoms with E-state index >= 15 is 0 Å². The molecule has 1 atom stereocenters. The lowest BCUT2D eigenvalue weighted by atomic mass is 10.0. The summed E-state index contributed by atoms with van der Waals surface area (Å²) in [4.78, 5) is 29.6. The third-order valence-electron chi connectivity index (χ3n) is 7.07. The van der Waals surface area contributed by atoms with Crippen molar-refractivity contribution in [1.29, 1.82) is 0 Å². The Labute approximate surface area is 269 Å². The number of aryl methyl sites for hydroxylation is 1. The van der Waals surface area contributed by atoms with Gasteiger partial charge in [-0.2, -0.15) is 0 Å². The number of amides is 2. The molecule has 0 aliphatic carbocycles. The fourth-order valence-corrected chi connectivity index (χ4v) is 6.74. The second-order valence-corrected chi connectivity index (χ2v) is 13.1. The fraction of sp³-hybridized carbons (Fsp3) is 0.235. The van der Waals surface area contributed by atoms with Gasteiger partial charge >= 0.3 is 0 Å². The zero-order valence-corrected chi connectivity index (χ0v) is 26.9. The molecule has 230 valence electrons. The molecule has 1 unspecified atom stereocenters. The van der Waals surface area contributed by atoms with Crippen LogP contribution in [0, 0.1) is 6.92 Å². The maximum atomic E-state index is 14.5. The Bertz CT molecular complexity index is 1690. The first kappa shape index (κ1) is 33.1. The van der Waals surface area contributed by atoms with Crippen LogP contribution < -0.4 is 9.62 Å². The van der Waals surface area contributed by atoms with Gasteiger partial charge in [-0.15, -0.1) is 0 Å². The number of carbonyl (C=O) groups excluding carboxylic acids is 2. The number of rotatable bonds is 13. The summed E-state index contributed by atoms with van der Waals surface area (Å²) in [6, 6.07) is 28.6. The van der Waals surface area contributed by atoms with Gasteiger partial charge in [0.15, 0.2) is 0 Å². The van der Waals surface area contributed by atoms with E-state index in [0.717, 1.165) is 21.0 Å². The summed E-state index contributed by atoms with van der Waals surface area (Å²) in [5.74, 6) is -0.899. The molecule has 0 aliphatic rings. The van der Waals surface area contributed by atoms with Crippen molar-refractivity contribution in [1.82, 2.24) is 10.2 Å². The Morgan fingerprint density at radius 1 is 0.841 bits per heavy atom. The highest BCUT2D eigenvalue weighted by Crippen LogP contribution is 2.35. The molecule has 0 saturated carbocycles. The maximum absolute atomic E-state index is 14.5. The van der Waals surface area contributed by atoms with E-state index in [0.29, 0.717) is 13.0 Å². The molecular formula is C34H35Cl2N3O4S. The van der Waals surface area contributed by atoms with E-state index in [1.807, 2.05) is 68.4 Å². The van der Waals surface area contributed by atoms with Gasteiger partial charge in [0.1, 0.15) is 12.6 Å². The minimum atomic E-state index is -4.28. The largest absolute Gasteiger partial charge is 0.354 e. The molecular weight excluding hydrogens is 617 g/mol. The quantitative estimate of drug-likeness (QED) is 0.175. The van der Waals surface area contributed by atoms with Crippen molar-refractivity contribution < 1.29 is 18.0 Å². The van der Waals surface area contributed by atoms with Crippen molar-refractivity contribution in [3.63, 3.8) is 0 Å². The molecule has 44 heavy (non-hydrogen) atoms. The third kappa shape index (κ3) is 8.20. The van der Waals surface area contributed by atoms with Crippen LogP contribution in [0.1, 0.15) is 30.0 Å². The summed E-state index contributed by atoms with van der Waals surface area (Å²) in [5, 5.41) is 3.07.